The molecular formula is C9H7ClO3. The van der Waals surface area contributed by atoms with Crippen LogP contribution in [-0.2, 0) is 14.3 Å². The third kappa shape index (κ3) is 1.40. The first-order valence-electron chi connectivity index (χ1n) is 3.91. The summed E-state index contributed by atoms with van der Waals surface area (Å²) in [5, 5.41) is -0.609. The van der Waals surface area contributed by atoms with Crippen LogP contribution in [0.1, 0.15) is 6.42 Å². The number of ether oxygens (including phenoxy) is 1. The fourth-order valence-corrected chi connectivity index (χ4v) is 1.70. The Kier molecular flexibility index (Phi) is 1.77. The summed E-state index contributed by atoms with van der Waals surface area (Å²) in [4.78, 5) is 21.8. The van der Waals surface area contributed by atoms with Crippen molar-refractivity contribution < 1.29 is 14.3 Å². The van der Waals surface area contributed by atoms with Gasteiger partial charge in [-0.05, 0) is 24.3 Å². The molecule has 0 unspecified atom stereocenters. The van der Waals surface area contributed by atoms with Gasteiger partial charge >= 0.3 is 5.97 Å². The minimum absolute atomic E-state index is 0.0975. The van der Waals surface area contributed by atoms with Crippen LogP contribution in [0.3, 0.4) is 0 Å². The first-order chi connectivity index (χ1) is 6.11. The summed E-state index contributed by atoms with van der Waals surface area (Å²) in [5.74, 6) is -0.523. The maximum atomic E-state index is 11.0. The van der Waals surface area contributed by atoms with Gasteiger partial charge in [0.1, 0.15) is 5.38 Å². The van der Waals surface area contributed by atoms with Crippen LogP contribution in [0.4, 0.5) is 0 Å². The Morgan fingerprint density at radius 3 is 2.46 bits per heavy atom. The molecule has 0 aromatic carbocycles. The van der Waals surface area contributed by atoms with Crippen LogP contribution in [0, 0.1) is 0 Å². The van der Waals surface area contributed by atoms with Crippen molar-refractivity contribution in [3.05, 3.63) is 24.3 Å². The molecule has 0 saturated carbocycles. The van der Waals surface area contributed by atoms with Gasteiger partial charge in [0.25, 0.3) is 0 Å². The second-order valence-corrected chi connectivity index (χ2v) is 3.64. The van der Waals surface area contributed by atoms with Crippen molar-refractivity contribution in [3.8, 4) is 0 Å². The van der Waals surface area contributed by atoms with E-state index < -0.39 is 16.9 Å². The largest absolute Gasteiger partial charge is 0.449 e. The number of rotatable bonds is 0. The fraction of sp³-hybridized carbons (Fsp3) is 0.333. The predicted molar refractivity (Wildman–Crippen MR) is 46.4 cm³/mol. The Hall–Kier alpha value is -1.09. The van der Waals surface area contributed by atoms with Crippen molar-refractivity contribution >= 4 is 23.4 Å². The SMILES string of the molecule is O=C1C=CC2(C=C1)C[C@H](Cl)C(=O)O2. The van der Waals surface area contributed by atoms with Crippen molar-refractivity contribution in [1.29, 1.82) is 0 Å². The number of hydrogen-bond donors (Lipinski definition) is 0. The van der Waals surface area contributed by atoms with Gasteiger partial charge in [-0.15, -0.1) is 11.6 Å². The van der Waals surface area contributed by atoms with E-state index in [2.05, 4.69) is 0 Å². The van der Waals surface area contributed by atoms with E-state index in [0.29, 0.717) is 6.42 Å². The Bertz CT molecular complexity index is 314. The van der Waals surface area contributed by atoms with E-state index in [9.17, 15) is 9.59 Å². The number of hydrogen-bond acceptors (Lipinski definition) is 3. The zero-order valence-electron chi connectivity index (χ0n) is 6.70. The minimum Gasteiger partial charge on any atom is -0.449 e. The number of carbonyl (C=O) groups excluding carboxylic acids is 2. The summed E-state index contributed by atoms with van der Waals surface area (Å²) in [6.45, 7) is 0. The lowest BCUT2D eigenvalue weighted by atomic mass is 9.94. The van der Waals surface area contributed by atoms with Gasteiger partial charge in [0, 0.05) is 6.42 Å². The molecule has 0 aromatic rings. The van der Waals surface area contributed by atoms with E-state index in [1.165, 1.54) is 12.2 Å². The van der Waals surface area contributed by atoms with E-state index in [4.69, 9.17) is 16.3 Å². The molecule has 1 spiro atoms. The van der Waals surface area contributed by atoms with Gasteiger partial charge in [0.15, 0.2) is 11.4 Å². The van der Waals surface area contributed by atoms with Gasteiger partial charge in [-0.25, -0.2) is 0 Å². The molecule has 1 fully saturated rings. The summed E-state index contributed by atoms with van der Waals surface area (Å²) in [7, 11) is 0. The number of allylic oxidation sites excluding steroid dienone is 2. The molecule has 1 heterocycles. The third-order valence-corrected chi connectivity index (χ3v) is 2.44. The molecule has 0 N–H and O–H groups in total. The minimum atomic E-state index is -0.766. The van der Waals surface area contributed by atoms with Crippen molar-refractivity contribution in [3.63, 3.8) is 0 Å². The van der Waals surface area contributed by atoms with Crippen molar-refractivity contribution in [2.45, 2.75) is 17.4 Å². The normalized spacial score (nSPS) is 29.8. The lowest BCUT2D eigenvalue weighted by molar-refractivity contribution is -0.143. The van der Waals surface area contributed by atoms with Crippen LogP contribution < -0.4 is 0 Å². The smallest absolute Gasteiger partial charge is 0.325 e. The molecule has 0 aromatic heterocycles. The number of carbonyl (C=O) groups is 2. The second kappa shape index (κ2) is 2.70. The second-order valence-electron chi connectivity index (χ2n) is 3.12. The Morgan fingerprint density at radius 1 is 1.38 bits per heavy atom. The molecule has 1 aliphatic heterocycles. The maximum absolute atomic E-state index is 11.0. The molecule has 1 saturated heterocycles. The van der Waals surface area contributed by atoms with Crippen molar-refractivity contribution in [2.24, 2.45) is 0 Å². The highest BCUT2D eigenvalue weighted by Crippen LogP contribution is 2.34. The van der Waals surface area contributed by atoms with E-state index in [1.807, 2.05) is 0 Å². The number of halogens is 1. The van der Waals surface area contributed by atoms with E-state index in [-0.39, 0.29) is 5.78 Å². The van der Waals surface area contributed by atoms with Crippen LogP contribution in [0.5, 0.6) is 0 Å². The van der Waals surface area contributed by atoms with Crippen LogP contribution in [0.15, 0.2) is 24.3 Å². The highest BCUT2D eigenvalue weighted by Gasteiger charge is 2.43. The molecule has 4 heteroatoms. The number of ketones is 1. The Balaban J connectivity index is 2.26. The summed E-state index contributed by atoms with van der Waals surface area (Å²) >= 11 is 5.69. The number of alkyl halides is 1. The molecule has 0 bridgehead atoms. The van der Waals surface area contributed by atoms with E-state index in [1.54, 1.807) is 12.2 Å². The molecule has 2 rings (SSSR count). The summed E-state index contributed by atoms with van der Waals surface area (Å²) in [6, 6.07) is 0. The zero-order valence-corrected chi connectivity index (χ0v) is 7.45. The van der Waals surface area contributed by atoms with Gasteiger partial charge < -0.3 is 4.74 Å². The summed E-state index contributed by atoms with van der Waals surface area (Å²) in [5.41, 5.74) is -0.766. The van der Waals surface area contributed by atoms with Crippen LogP contribution in [0.2, 0.25) is 0 Å². The molecule has 3 nitrogen and oxygen atoms in total. The molecule has 1 aliphatic carbocycles. The van der Waals surface area contributed by atoms with Crippen molar-refractivity contribution in [1.82, 2.24) is 0 Å². The molecule has 2 aliphatic rings. The topological polar surface area (TPSA) is 43.4 Å². The van der Waals surface area contributed by atoms with Gasteiger partial charge in [-0.2, -0.15) is 0 Å². The Morgan fingerprint density at radius 2 is 2.00 bits per heavy atom. The average Bonchev–Trinajstić information content (AvgIpc) is 2.36. The average molecular weight is 199 g/mol. The first-order valence-corrected chi connectivity index (χ1v) is 4.34. The molecule has 13 heavy (non-hydrogen) atoms. The van der Waals surface area contributed by atoms with Gasteiger partial charge in [0.05, 0.1) is 0 Å². The molecule has 0 amide bonds. The molecule has 1 atom stereocenters. The monoisotopic (exact) mass is 198 g/mol. The lowest BCUT2D eigenvalue weighted by Gasteiger charge is -2.20. The van der Waals surface area contributed by atoms with Crippen LogP contribution >= 0.6 is 11.6 Å². The maximum Gasteiger partial charge on any atom is 0.325 e. The van der Waals surface area contributed by atoms with Gasteiger partial charge in [0.2, 0.25) is 0 Å². The standard InChI is InChI=1S/C9H7ClO3/c10-7-5-9(13-8(7)12)3-1-6(11)2-4-9/h1-4,7H,5H2/t7-/m0/s1. The fourth-order valence-electron chi connectivity index (χ4n) is 1.42. The van der Waals surface area contributed by atoms with Crippen molar-refractivity contribution in [2.75, 3.05) is 0 Å². The third-order valence-electron chi connectivity index (χ3n) is 2.10. The van der Waals surface area contributed by atoms with Crippen LogP contribution in [-0.4, -0.2) is 22.7 Å². The van der Waals surface area contributed by atoms with Gasteiger partial charge in [-0.3, -0.25) is 9.59 Å². The lowest BCUT2D eigenvalue weighted by Crippen LogP contribution is -2.25. The molecule has 0 radical (unpaired) electrons. The number of esters is 1. The van der Waals surface area contributed by atoms with Gasteiger partial charge in [-0.1, -0.05) is 0 Å². The predicted octanol–water partition coefficient (Wildman–Crippen LogP) is 0.975. The van der Waals surface area contributed by atoms with E-state index >= 15 is 0 Å². The van der Waals surface area contributed by atoms with Crippen LogP contribution in [0.25, 0.3) is 0 Å². The quantitative estimate of drug-likeness (QED) is 0.431. The Labute approximate surface area is 80.0 Å². The molecule has 68 valence electrons. The van der Waals surface area contributed by atoms with E-state index in [0.717, 1.165) is 0 Å². The summed E-state index contributed by atoms with van der Waals surface area (Å²) in [6.07, 6.45) is 6.34. The first kappa shape index (κ1) is 8.51. The zero-order chi connectivity index (χ0) is 9.47. The highest BCUT2D eigenvalue weighted by atomic mass is 35.5. The highest BCUT2D eigenvalue weighted by molar-refractivity contribution is 6.30. The summed E-state index contributed by atoms with van der Waals surface area (Å²) < 4.78 is 5.05. The molecular weight excluding hydrogens is 192 g/mol.